The lowest BCUT2D eigenvalue weighted by molar-refractivity contribution is 0.0523. The van der Waals surface area contributed by atoms with Gasteiger partial charge in [-0.3, -0.25) is 0 Å². The Kier molecular flexibility index (Phi) is 1.60. The third-order valence-electron chi connectivity index (χ3n) is 7.77. The minimum atomic E-state index is 0.460. The second-order valence-electron chi connectivity index (χ2n) is 7.94. The molecular weight excluding hydrogens is 248 g/mol. The third-order valence-corrected chi connectivity index (χ3v) is 7.77. The molecule has 6 aliphatic rings. The molecule has 2 spiro atoms. The second kappa shape index (κ2) is 2.98. The molecule has 1 aliphatic heterocycles. The van der Waals surface area contributed by atoms with Crippen molar-refractivity contribution in [3.63, 3.8) is 0 Å². The van der Waals surface area contributed by atoms with E-state index < -0.39 is 0 Å². The summed E-state index contributed by atoms with van der Waals surface area (Å²) in [5.74, 6) is 4.30. The molecule has 0 radical (unpaired) electrons. The average molecular weight is 270 g/mol. The molecule has 6 rings (SSSR count). The zero-order valence-corrected chi connectivity index (χ0v) is 12.2. The number of methoxy groups -OCH3 is 1. The van der Waals surface area contributed by atoms with Gasteiger partial charge in [0.2, 0.25) is 0 Å². The molecular formula is C18H22O2. The van der Waals surface area contributed by atoms with Gasteiger partial charge in [-0.1, -0.05) is 5.57 Å². The van der Waals surface area contributed by atoms with Crippen molar-refractivity contribution < 1.29 is 9.47 Å². The number of ether oxygens (including phenoxy) is 2. The molecule has 0 aromatic heterocycles. The third kappa shape index (κ3) is 0.805. The van der Waals surface area contributed by atoms with Crippen LogP contribution in [0.1, 0.15) is 51.4 Å². The van der Waals surface area contributed by atoms with Gasteiger partial charge < -0.3 is 9.47 Å². The first kappa shape index (κ1) is 10.8. The summed E-state index contributed by atoms with van der Waals surface area (Å²) in [7, 11) is 1.83. The fourth-order valence-electron chi connectivity index (χ4n) is 7.49. The Hall–Kier alpha value is -0.920. The molecule has 2 heteroatoms. The fourth-order valence-corrected chi connectivity index (χ4v) is 7.49. The maximum Gasteiger partial charge on any atom is 0.161 e. The Morgan fingerprint density at radius 2 is 2.15 bits per heavy atom. The zero-order valence-electron chi connectivity index (χ0n) is 12.2. The van der Waals surface area contributed by atoms with Crippen molar-refractivity contribution in [1.29, 1.82) is 0 Å². The Labute approximate surface area is 120 Å². The highest BCUT2D eigenvalue weighted by atomic mass is 16.5. The monoisotopic (exact) mass is 270 g/mol. The van der Waals surface area contributed by atoms with E-state index in [0.717, 1.165) is 24.0 Å². The molecule has 20 heavy (non-hydrogen) atoms. The molecule has 4 fully saturated rings. The first-order valence-electron chi connectivity index (χ1n) is 8.49. The van der Waals surface area contributed by atoms with E-state index in [1.54, 1.807) is 11.1 Å². The first-order chi connectivity index (χ1) is 9.83. The average Bonchev–Trinajstić information content (AvgIpc) is 2.72. The van der Waals surface area contributed by atoms with Gasteiger partial charge in [-0.2, -0.15) is 0 Å². The molecule has 3 unspecified atom stereocenters. The summed E-state index contributed by atoms with van der Waals surface area (Å²) in [6.45, 7) is 0. The highest BCUT2D eigenvalue weighted by Crippen LogP contribution is 2.91. The molecule has 3 saturated carbocycles. The van der Waals surface area contributed by atoms with Crippen LogP contribution in [0.2, 0.25) is 0 Å². The van der Waals surface area contributed by atoms with Gasteiger partial charge in [0.05, 0.1) is 7.11 Å². The van der Waals surface area contributed by atoms with Crippen LogP contribution in [0.3, 0.4) is 0 Å². The van der Waals surface area contributed by atoms with Crippen molar-refractivity contribution in [3.05, 3.63) is 22.7 Å². The van der Waals surface area contributed by atoms with E-state index in [2.05, 4.69) is 0 Å². The lowest BCUT2D eigenvalue weighted by atomic mass is 9.65. The molecule has 2 nitrogen and oxygen atoms in total. The summed E-state index contributed by atoms with van der Waals surface area (Å²) in [4.78, 5) is 0. The summed E-state index contributed by atoms with van der Waals surface area (Å²) >= 11 is 0. The Bertz CT molecular complexity index is 597. The van der Waals surface area contributed by atoms with Gasteiger partial charge >= 0.3 is 0 Å². The molecule has 106 valence electrons. The molecule has 5 aliphatic carbocycles. The molecule has 0 N–H and O–H groups in total. The largest absolute Gasteiger partial charge is 0.497 e. The van der Waals surface area contributed by atoms with E-state index >= 15 is 0 Å². The summed E-state index contributed by atoms with van der Waals surface area (Å²) < 4.78 is 12.2. The molecule has 5 atom stereocenters. The summed E-state index contributed by atoms with van der Waals surface area (Å²) in [6.07, 6.45) is 11.3. The molecule has 0 aromatic carbocycles. The zero-order chi connectivity index (χ0) is 13.1. The van der Waals surface area contributed by atoms with Gasteiger partial charge in [0.15, 0.2) is 5.76 Å². The minimum Gasteiger partial charge on any atom is -0.497 e. The minimum absolute atomic E-state index is 0.460. The van der Waals surface area contributed by atoms with Crippen LogP contribution < -0.4 is 0 Å². The van der Waals surface area contributed by atoms with E-state index in [0.29, 0.717) is 16.9 Å². The van der Waals surface area contributed by atoms with Crippen LogP contribution >= 0.6 is 0 Å². The Balaban J connectivity index is 1.66. The highest BCUT2D eigenvalue weighted by Gasteiger charge is 2.88. The molecule has 0 aromatic rings. The highest BCUT2D eigenvalue weighted by molar-refractivity contribution is 5.58. The van der Waals surface area contributed by atoms with Gasteiger partial charge in [0.25, 0.3) is 0 Å². The summed E-state index contributed by atoms with van der Waals surface area (Å²) in [5, 5.41) is 0. The van der Waals surface area contributed by atoms with Crippen molar-refractivity contribution >= 4 is 0 Å². The lowest BCUT2D eigenvalue weighted by Gasteiger charge is -2.37. The Morgan fingerprint density at radius 1 is 1.20 bits per heavy atom. The van der Waals surface area contributed by atoms with E-state index in [9.17, 15) is 0 Å². The maximum absolute atomic E-state index is 6.54. The van der Waals surface area contributed by atoms with Crippen LogP contribution in [-0.2, 0) is 9.47 Å². The second-order valence-corrected chi connectivity index (χ2v) is 7.94. The standard InChI is InChI=1S/C18H22O2/c1-19-12-5-4-10-9-11-6-8-17-7-2-3-13-18(17,16(11)17)14(10)15(12)20-13/h11,13,16H,2-9H2,1H3/t11-,13?,16?,17?,18+/m1/s1. The molecule has 1 saturated heterocycles. The van der Waals surface area contributed by atoms with Crippen LogP contribution in [0.25, 0.3) is 0 Å². The van der Waals surface area contributed by atoms with Gasteiger partial charge in [0.1, 0.15) is 11.9 Å². The van der Waals surface area contributed by atoms with E-state index in [1.807, 2.05) is 7.11 Å². The van der Waals surface area contributed by atoms with Crippen LogP contribution in [0.15, 0.2) is 22.7 Å². The molecule has 0 amide bonds. The number of hydrogen-bond donors (Lipinski definition) is 0. The maximum atomic E-state index is 6.54. The quantitative estimate of drug-likeness (QED) is 0.718. The van der Waals surface area contributed by atoms with Gasteiger partial charge in [-0.15, -0.1) is 0 Å². The summed E-state index contributed by atoms with van der Waals surface area (Å²) in [5.41, 5.74) is 4.54. The topological polar surface area (TPSA) is 18.5 Å². The predicted molar refractivity (Wildman–Crippen MR) is 74.7 cm³/mol. The van der Waals surface area contributed by atoms with E-state index in [-0.39, 0.29) is 0 Å². The van der Waals surface area contributed by atoms with Crippen molar-refractivity contribution in [2.75, 3.05) is 7.11 Å². The molecule has 0 bridgehead atoms. The Morgan fingerprint density at radius 3 is 3.05 bits per heavy atom. The van der Waals surface area contributed by atoms with Crippen molar-refractivity contribution in [1.82, 2.24) is 0 Å². The van der Waals surface area contributed by atoms with Crippen molar-refractivity contribution in [2.45, 2.75) is 57.5 Å². The van der Waals surface area contributed by atoms with Crippen molar-refractivity contribution in [2.24, 2.45) is 22.7 Å². The van der Waals surface area contributed by atoms with E-state index in [4.69, 9.17) is 9.47 Å². The number of hydrogen-bond acceptors (Lipinski definition) is 2. The SMILES string of the molecule is COC1=C2OC3CCCC45CC[C@@H]6CC(=C2[C@]34C65)CC1. The van der Waals surface area contributed by atoms with Crippen LogP contribution in [-0.4, -0.2) is 13.2 Å². The number of rotatable bonds is 1. The van der Waals surface area contributed by atoms with Crippen LogP contribution in [0.5, 0.6) is 0 Å². The van der Waals surface area contributed by atoms with Crippen LogP contribution in [0.4, 0.5) is 0 Å². The van der Waals surface area contributed by atoms with Gasteiger partial charge in [-0.05, 0) is 62.2 Å². The molecule has 1 heterocycles. The normalized spacial score (nSPS) is 53.5. The number of allylic oxidation sites excluding steroid dienone is 3. The van der Waals surface area contributed by atoms with E-state index in [1.165, 1.54) is 50.7 Å². The predicted octanol–water partition coefficient (Wildman–Crippen LogP) is 3.93. The lowest BCUT2D eigenvalue weighted by Crippen LogP contribution is -2.34. The smallest absolute Gasteiger partial charge is 0.161 e. The van der Waals surface area contributed by atoms with Gasteiger partial charge in [-0.25, -0.2) is 0 Å². The summed E-state index contributed by atoms with van der Waals surface area (Å²) in [6, 6.07) is 0. The fraction of sp³-hybridized carbons (Fsp3) is 0.778. The van der Waals surface area contributed by atoms with Gasteiger partial charge in [0, 0.05) is 17.4 Å². The first-order valence-corrected chi connectivity index (χ1v) is 8.49. The van der Waals surface area contributed by atoms with Crippen molar-refractivity contribution in [3.8, 4) is 0 Å². The van der Waals surface area contributed by atoms with Crippen LogP contribution in [0, 0.1) is 22.7 Å².